The largest absolute Gasteiger partial charge is 0.363 e. The molecular weight excluding hydrogens is 349 g/mol. The molecular formula is C21H19ClFN3. The second kappa shape index (κ2) is 6.61. The fourth-order valence-electron chi connectivity index (χ4n) is 3.41. The van der Waals surface area contributed by atoms with E-state index in [1.807, 2.05) is 18.2 Å². The average molecular weight is 368 g/mol. The number of rotatable bonds is 3. The highest BCUT2D eigenvalue weighted by molar-refractivity contribution is 6.30. The van der Waals surface area contributed by atoms with Crippen molar-refractivity contribution in [2.24, 2.45) is 0 Å². The Hall–Kier alpha value is -2.59. The highest BCUT2D eigenvalue weighted by atomic mass is 35.5. The molecule has 3 nitrogen and oxygen atoms in total. The lowest BCUT2D eigenvalue weighted by molar-refractivity contribution is 0.407. The van der Waals surface area contributed by atoms with E-state index in [0.717, 1.165) is 28.0 Å². The van der Waals surface area contributed by atoms with Crippen LogP contribution >= 0.6 is 11.6 Å². The number of benzene rings is 1. The van der Waals surface area contributed by atoms with Crippen molar-refractivity contribution in [2.75, 3.05) is 0 Å². The molecule has 132 valence electrons. The summed E-state index contributed by atoms with van der Waals surface area (Å²) in [5, 5.41) is 4.27. The molecule has 1 aromatic heterocycles. The Kier molecular flexibility index (Phi) is 4.29. The Morgan fingerprint density at radius 3 is 2.81 bits per heavy atom. The molecule has 1 unspecified atom stereocenters. The van der Waals surface area contributed by atoms with Gasteiger partial charge in [-0.3, -0.25) is 0 Å². The summed E-state index contributed by atoms with van der Waals surface area (Å²) in [7, 11) is 0. The van der Waals surface area contributed by atoms with Crippen molar-refractivity contribution in [3.05, 3.63) is 93.9 Å². The van der Waals surface area contributed by atoms with Gasteiger partial charge in [-0.15, -0.1) is 0 Å². The van der Waals surface area contributed by atoms with Crippen LogP contribution in [0.1, 0.15) is 25.0 Å². The van der Waals surface area contributed by atoms with E-state index in [0.29, 0.717) is 11.4 Å². The summed E-state index contributed by atoms with van der Waals surface area (Å²) >= 11 is 6.22. The van der Waals surface area contributed by atoms with Gasteiger partial charge in [0.1, 0.15) is 6.17 Å². The minimum absolute atomic E-state index is 0.0589. The first-order valence-corrected chi connectivity index (χ1v) is 8.90. The van der Waals surface area contributed by atoms with Crippen molar-refractivity contribution in [2.45, 2.75) is 26.4 Å². The third kappa shape index (κ3) is 3.13. The fraction of sp³-hybridized carbons (Fsp3) is 0.190. The molecule has 0 bridgehead atoms. The van der Waals surface area contributed by atoms with Gasteiger partial charge in [0.05, 0.1) is 0 Å². The first-order chi connectivity index (χ1) is 12.5. The van der Waals surface area contributed by atoms with E-state index in [1.54, 1.807) is 12.3 Å². The molecule has 2 aliphatic rings. The topological polar surface area (TPSA) is 28.2 Å². The Morgan fingerprint density at radius 2 is 2.08 bits per heavy atom. The quantitative estimate of drug-likeness (QED) is 0.783. The number of nitrogens with zero attached hydrogens (tertiary/aromatic N) is 2. The third-order valence-corrected chi connectivity index (χ3v) is 5.09. The van der Waals surface area contributed by atoms with Gasteiger partial charge in [0.15, 0.2) is 0 Å². The van der Waals surface area contributed by atoms with E-state index in [-0.39, 0.29) is 6.17 Å². The zero-order chi connectivity index (χ0) is 18.3. The molecule has 0 saturated heterocycles. The molecule has 0 aliphatic carbocycles. The van der Waals surface area contributed by atoms with Gasteiger partial charge >= 0.3 is 0 Å². The van der Waals surface area contributed by atoms with E-state index in [9.17, 15) is 4.39 Å². The maximum absolute atomic E-state index is 13.1. The molecule has 1 aromatic carbocycles. The minimum Gasteiger partial charge on any atom is -0.363 e. The smallest absolute Gasteiger partial charge is 0.212 e. The second-order valence-electron chi connectivity index (χ2n) is 6.64. The molecule has 5 heteroatoms. The lowest BCUT2D eigenvalue weighted by Crippen LogP contribution is -2.37. The van der Waals surface area contributed by atoms with Crippen molar-refractivity contribution >= 4 is 17.2 Å². The van der Waals surface area contributed by atoms with Crippen LogP contribution in [-0.2, 0) is 6.42 Å². The van der Waals surface area contributed by atoms with E-state index in [4.69, 9.17) is 11.6 Å². The van der Waals surface area contributed by atoms with E-state index in [1.165, 1.54) is 11.8 Å². The first kappa shape index (κ1) is 16.9. The predicted octanol–water partition coefficient (Wildman–Crippen LogP) is 4.88. The van der Waals surface area contributed by atoms with Crippen molar-refractivity contribution < 1.29 is 4.39 Å². The van der Waals surface area contributed by atoms with Crippen LogP contribution in [0, 0.1) is 5.95 Å². The Labute approximate surface area is 157 Å². The van der Waals surface area contributed by atoms with Gasteiger partial charge in [-0.25, -0.2) is 4.98 Å². The molecule has 0 saturated carbocycles. The highest BCUT2D eigenvalue weighted by Crippen LogP contribution is 2.36. The van der Waals surface area contributed by atoms with Crippen LogP contribution in [0.15, 0.2) is 71.8 Å². The van der Waals surface area contributed by atoms with Crippen LogP contribution in [0.3, 0.4) is 0 Å². The van der Waals surface area contributed by atoms with Gasteiger partial charge in [0.2, 0.25) is 5.95 Å². The van der Waals surface area contributed by atoms with Crippen LogP contribution < -0.4 is 5.32 Å². The summed E-state index contributed by atoms with van der Waals surface area (Å²) in [4.78, 5) is 6.01. The van der Waals surface area contributed by atoms with Crippen LogP contribution in [-0.4, -0.2) is 16.0 Å². The molecule has 2 aliphatic heterocycles. The van der Waals surface area contributed by atoms with Gasteiger partial charge in [0, 0.05) is 40.8 Å². The maximum atomic E-state index is 13.1. The van der Waals surface area contributed by atoms with Crippen molar-refractivity contribution in [3.8, 4) is 0 Å². The van der Waals surface area contributed by atoms with Gasteiger partial charge in [0.25, 0.3) is 0 Å². The molecule has 4 rings (SSSR count). The van der Waals surface area contributed by atoms with E-state index >= 15 is 0 Å². The Morgan fingerprint density at radius 1 is 1.23 bits per heavy atom. The van der Waals surface area contributed by atoms with Crippen LogP contribution in [0.25, 0.3) is 5.57 Å². The zero-order valence-electron chi connectivity index (χ0n) is 14.6. The third-order valence-electron chi connectivity index (χ3n) is 4.86. The van der Waals surface area contributed by atoms with E-state index < -0.39 is 5.95 Å². The summed E-state index contributed by atoms with van der Waals surface area (Å²) < 4.78 is 13.1. The molecule has 3 heterocycles. The summed E-state index contributed by atoms with van der Waals surface area (Å²) in [5.74, 6) is -0.459. The standard InChI is InChI=1S/C21H19ClFN3/c1-13-14(2)26-12-16(8-15-6-7-20(23)24-11-15)9-19(21(26)25-13)17-4-3-5-18(22)10-17/h3-7,9-12,21,25H,8H2,1-2H3. The second-order valence-corrected chi connectivity index (χ2v) is 7.08. The SMILES string of the molecule is CC1=C(C)N2C=C(Cc3ccc(F)nc3)C=C(c3cccc(Cl)c3)C2N1. The molecule has 0 spiro atoms. The monoisotopic (exact) mass is 367 g/mol. The summed E-state index contributed by atoms with van der Waals surface area (Å²) in [6.07, 6.45) is 6.68. The Bertz CT molecular complexity index is 944. The van der Waals surface area contributed by atoms with Crippen LogP contribution in [0.2, 0.25) is 5.02 Å². The number of allylic oxidation sites excluding steroid dienone is 4. The van der Waals surface area contributed by atoms with E-state index in [2.05, 4.69) is 47.4 Å². The van der Waals surface area contributed by atoms with Crippen LogP contribution in [0.4, 0.5) is 4.39 Å². The number of nitrogens with one attached hydrogen (secondary N) is 1. The first-order valence-electron chi connectivity index (χ1n) is 8.52. The molecule has 0 amide bonds. The van der Waals surface area contributed by atoms with Crippen molar-refractivity contribution in [3.63, 3.8) is 0 Å². The molecule has 0 radical (unpaired) electrons. The zero-order valence-corrected chi connectivity index (χ0v) is 15.4. The number of pyridine rings is 1. The fourth-order valence-corrected chi connectivity index (χ4v) is 3.60. The van der Waals surface area contributed by atoms with Gasteiger partial charge in [-0.1, -0.05) is 29.8 Å². The molecule has 1 atom stereocenters. The van der Waals surface area contributed by atoms with Gasteiger partial charge in [-0.05, 0) is 54.8 Å². The molecule has 1 N–H and O–H groups in total. The molecule has 26 heavy (non-hydrogen) atoms. The maximum Gasteiger partial charge on any atom is 0.212 e. The normalized spacial score (nSPS) is 19.1. The number of hydrogen-bond donors (Lipinski definition) is 1. The molecule has 0 fully saturated rings. The number of fused-ring (bicyclic) bond motifs is 1. The summed E-state index contributed by atoms with van der Waals surface area (Å²) in [6, 6.07) is 11.1. The Balaban J connectivity index is 1.73. The number of halogens is 2. The minimum atomic E-state index is -0.459. The van der Waals surface area contributed by atoms with Crippen molar-refractivity contribution in [1.29, 1.82) is 0 Å². The number of hydrogen-bond acceptors (Lipinski definition) is 3. The highest BCUT2D eigenvalue weighted by Gasteiger charge is 2.32. The van der Waals surface area contributed by atoms with Crippen LogP contribution in [0.5, 0.6) is 0 Å². The van der Waals surface area contributed by atoms with Gasteiger partial charge in [-0.2, -0.15) is 4.39 Å². The molecule has 2 aromatic rings. The lowest BCUT2D eigenvalue weighted by atomic mass is 9.94. The van der Waals surface area contributed by atoms with Crippen molar-refractivity contribution in [1.82, 2.24) is 15.2 Å². The summed E-state index contributed by atoms with van der Waals surface area (Å²) in [5.41, 5.74) is 6.71. The number of aromatic nitrogens is 1. The van der Waals surface area contributed by atoms with Gasteiger partial charge < -0.3 is 10.2 Å². The summed E-state index contributed by atoms with van der Waals surface area (Å²) in [6.45, 7) is 4.19. The average Bonchev–Trinajstić information content (AvgIpc) is 2.91. The lowest BCUT2D eigenvalue weighted by Gasteiger charge is -2.32. The predicted molar refractivity (Wildman–Crippen MR) is 103 cm³/mol.